The molecule has 0 aliphatic rings. The molecule has 26 heavy (non-hydrogen) atoms. The maximum Gasteiger partial charge on any atom is 0.214 e. The van der Waals surface area contributed by atoms with E-state index in [1.54, 1.807) is 36.1 Å². The van der Waals surface area contributed by atoms with Gasteiger partial charge in [-0.15, -0.1) is 5.10 Å². The highest BCUT2D eigenvalue weighted by Gasteiger charge is 2.20. The number of rotatable bonds is 6. The Morgan fingerprint density at radius 2 is 1.85 bits per heavy atom. The summed E-state index contributed by atoms with van der Waals surface area (Å²) in [5, 5.41) is 12.2. The van der Waals surface area contributed by atoms with Crippen LogP contribution in [0.15, 0.2) is 47.6 Å². The first kappa shape index (κ1) is 18.1. The molecule has 2 aromatic carbocycles. The van der Waals surface area contributed by atoms with Gasteiger partial charge in [0.15, 0.2) is 5.78 Å². The first-order valence-electron chi connectivity index (χ1n) is 8.20. The summed E-state index contributed by atoms with van der Waals surface area (Å²) in [6.07, 6.45) is 0. The zero-order valence-corrected chi connectivity index (χ0v) is 15.9. The molecule has 7 heteroatoms. The largest absolute Gasteiger partial charge is 0.497 e. The second-order valence-corrected chi connectivity index (χ2v) is 7.30. The molecule has 1 atom stereocenters. The summed E-state index contributed by atoms with van der Waals surface area (Å²) in [4.78, 5) is 12.7. The molecule has 0 N–H and O–H groups in total. The Kier molecular flexibility index (Phi) is 5.37. The molecule has 0 spiro atoms. The third kappa shape index (κ3) is 3.77. The van der Waals surface area contributed by atoms with Crippen LogP contribution in [-0.2, 0) is 0 Å². The molecule has 0 saturated heterocycles. The maximum atomic E-state index is 12.7. The van der Waals surface area contributed by atoms with Crippen molar-refractivity contribution in [1.82, 2.24) is 20.2 Å². The van der Waals surface area contributed by atoms with Crippen molar-refractivity contribution in [3.05, 3.63) is 59.2 Å². The number of nitrogens with zero attached hydrogens (tertiary/aromatic N) is 4. The molecule has 0 aliphatic carbocycles. The predicted octanol–water partition coefficient (Wildman–Crippen LogP) is 3.65. The number of hydrogen-bond donors (Lipinski definition) is 0. The van der Waals surface area contributed by atoms with E-state index in [1.165, 1.54) is 17.3 Å². The number of carbonyl (C=O) groups excluding carboxylic acids is 1. The van der Waals surface area contributed by atoms with Gasteiger partial charge >= 0.3 is 0 Å². The van der Waals surface area contributed by atoms with Crippen molar-refractivity contribution in [2.75, 3.05) is 7.11 Å². The van der Waals surface area contributed by atoms with E-state index in [4.69, 9.17) is 4.74 Å². The standard InChI is InChI=1S/C19H20N4O2S/c1-12-5-8-16(11-13(12)2)23-19(20-21-22-23)26-14(3)18(24)15-6-9-17(25-4)10-7-15/h5-11,14H,1-4H3/t14-/m0/s1. The van der Waals surface area contributed by atoms with Gasteiger partial charge in [0.25, 0.3) is 0 Å². The van der Waals surface area contributed by atoms with Crippen molar-refractivity contribution >= 4 is 17.5 Å². The van der Waals surface area contributed by atoms with Gasteiger partial charge in [0.05, 0.1) is 18.0 Å². The minimum absolute atomic E-state index is 0.0206. The van der Waals surface area contributed by atoms with Crippen molar-refractivity contribution in [2.45, 2.75) is 31.2 Å². The van der Waals surface area contributed by atoms with Crippen LogP contribution in [0.4, 0.5) is 0 Å². The number of tetrazole rings is 1. The van der Waals surface area contributed by atoms with E-state index >= 15 is 0 Å². The molecular formula is C19H20N4O2S. The number of ketones is 1. The van der Waals surface area contributed by atoms with Crippen LogP contribution in [0.1, 0.15) is 28.4 Å². The minimum atomic E-state index is -0.320. The molecule has 0 unspecified atom stereocenters. The summed E-state index contributed by atoms with van der Waals surface area (Å²) in [5.74, 6) is 0.743. The molecule has 0 aliphatic heterocycles. The van der Waals surface area contributed by atoms with Crippen molar-refractivity contribution < 1.29 is 9.53 Å². The van der Waals surface area contributed by atoms with Crippen molar-refractivity contribution in [3.8, 4) is 11.4 Å². The van der Waals surface area contributed by atoms with Crippen LogP contribution >= 0.6 is 11.8 Å². The highest BCUT2D eigenvalue weighted by atomic mass is 32.2. The van der Waals surface area contributed by atoms with Crippen molar-refractivity contribution in [1.29, 1.82) is 0 Å². The molecular weight excluding hydrogens is 348 g/mol. The molecule has 0 amide bonds. The Morgan fingerprint density at radius 3 is 2.50 bits per heavy atom. The van der Waals surface area contributed by atoms with Crippen LogP contribution in [-0.4, -0.2) is 38.4 Å². The third-order valence-corrected chi connectivity index (χ3v) is 5.23. The summed E-state index contributed by atoms with van der Waals surface area (Å²) in [6, 6.07) is 13.1. The Bertz CT molecular complexity index is 922. The number of ether oxygens (including phenoxy) is 1. The minimum Gasteiger partial charge on any atom is -0.497 e. The van der Waals surface area contributed by atoms with Gasteiger partial charge in [-0.25, -0.2) is 0 Å². The number of Topliss-reactive ketones (excluding diaryl/α,β-unsaturated/α-hetero) is 1. The number of aryl methyl sites for hydroxylation is 2. The summed E-state index contributed by atoms with van der Waals surface area (Å²) in [5.41, 5.74) is 3.89. The zero-order valence-electron chi connectivity index (χ0n) is 15.1. The van der Waals surface area contributed by atoms with E-state index in [0.717, 1.165) is 17.0 Å². The molecule has 3 rings (SSSR count). The van der Waals surface area contributed by atoms with Gasteiger partial charge in [0.1, 0.15) is 5.75 Å². The number of aromatic nitrogens is 4. The fourth-order valence-electron chi connectivity index (χ4n) is 2.47. The fourth-order valence-corrected chi connectivity index (χ4v) is 3.36. The molecule has 134 valence electrons. The van der Waals surface area contributed by atoms with Crippen molar-refractivity contribution in [2.24, 2.45) is 0 Å². The summed E-state index contributed by atoms with van der Waals surface area (Å²) >= 11 is 1.34. The molecule has 3 aromatic rings. The lowest BCUT2D eigenvalue weighted by molar-refractivity contribution is 0.0994. The Morgan fingerprint density at radius 1 is 1.12 bits per heavy atom. The van der Waals surface area contributed by atoms with Gasteiger partial charge < -0.3 is 4.74 Å². The zero-order chi connectivity index (χ0) is 18.7. The van der Waals surface area contributed by atoms with Crippen LogP contribution in [0.5, 0.6) is 5.75 Å². The molecule has 6 nitrogen and oxygen atoms in total. The van der Waals surface area contributed by atoms with Crippen LogP contribution in [0.2, 0.25) is 0 Å². The first-order chi connectivity index (χ1) is 12.5. The Labute approximate surface area is 156 Å². The highest BCUT2D eigenvalue weighted by Crippen LogP contribution is 2.26. The van der Waals surface area contributed by atoms with Crippen LogP contribution < -0.4 is 4.74 Å². The third-order valence-electron chi connectivity index (χ3n) is 4.20. The quantitative estimate of drug-likeness (QED) is 0.489. The lowest BCUT2D eigenvalue weighted by Crippen LogP contribution is -2.14. The number of hydrogen-bond acceptors (Lipinski definition) is 6. The van der Waals surface area contributed by atoms with Gasteiger partial charge in [-0.1, -0.05) is 17.8 Å². The van der Waals surface area contributed by atoms with Crippen molar-refractivity contribution in [3.63, 3.8) is 0 Å². The SMILES string of the molecule is COc1ccc(C(=O)[C@H](C)Sc2nnnn2-c2ccc(C)c(C)c2)cc1. The number of carbonyl (C=O) groups is 1. The maximum absolute atomic E-state index is 12.7. The number of benzene rings is 2. The second kappa shape index (κ2) is 7.70. The van der Waals surface area contributed by atoms with E-state index in [9.17, 15) is 4.79 Å². The van der Waals surface area contributed by atoms with E-state index in [1.807, 2.05) is 32.0 Å². The topological polar surface area (TPSA) is 69.9 Å². The van der Waals surface area contributed by atoms with Gasteiger partial charge in [-0.05, 0) is 78.7 Å². The fraction of sp³-hybridized carbons (Fsp3) is 0.263. The van der Waals surface area contributed by atoms with Gasteiger partial charge in [0.2, 0.25) is 5.16 Å². The molecule has 1 heterocycles. The Hall–Kier alpha value is -2.67. The average Bonchev–Trinajstić information content (AvgIpc) is 3.11. The van der Waals surface area contributed by atoms with Gasteiger partial charge in [-0.2, -0.15) is 4.68 Å². The predicted molar refractivity (Wildman–Crippen MR) is 101 cm³/mol. The first-order valence-corrected chi connectivity index (χ1v) is 9.08. The molecule has 1 aromatic heterocycles. The molecule has 0 radical (unpaired) electrons. The Balaban J connectivity index is 1.79. The summed E-state index contributed by atoms with van der Waals surface area (Å²) < 4.78 is 6.79. The molecule has 0 saturated carbocycles. The smallest absolute Gasteiger partial charge is 0.214 e. The van der Waals surface area contributed by atoms with Gasteiger partial charge in [-0.3, -0.25) is 4.79 Å². The van der Waals surface area contributed by atoms with Crippen LogP contribution in [0.3, 0.4) is 0 Å². The van der Waals surface area contributed by atoms with Gasteiger partial charge in [0, 0.05) is 5.56 Å². The van der Waals surface area contributed by atoms with Crippen LogP contribution in [0.25, 0.3) is 5.69 Å². The second-order valence-electron chi connectivity index (χ2n) is 5.99. The van der Waals surface area contributed by atoms with E-state index < -0.39 is 0 Å². The molecule has 0 fully saturated rings. The highest BCUT2D eigenvalue weighted by molar-refractivity contribution is 8.00. The summed E-state index contributed by atoms with van der Waals surface area (Å²) in [6.45, 7) is 5.96. The number of thioether (sulfide) groups is 1. The number of methoxy groups -OCH3 is 1. The monoisotopic (exact) mass is 368 g/mol. The normalized spacial score (nSPS) is 12.0. The van der Waals surface area contributed by atoms with E-state index in [2.05, 4.69) is 22.4 Å². The summed E-state index contributed by atoms with van der Waals surface area (Å²) in [7, 11) is 1.60. The molecule has 0 bridgehead atoms. The van der Waals surface area contributed by atoms with E-state index in [0.29, 0.717) is 10.7 Å². The van der Waals surface area contributed by atoms with Crippen LogP contribution in [0, 0.1) is 13.8 Å². The van der Waals surface area contributed by atoms with E-state index in [-0.39, 0.29) is 11.0 Å². The average molecular weight is 368 g/mol. The lowest BCUT2D eigenvalue weighted by atomic mass is 10.1. The lowest BCUT2D eigenvalue weighted by Gasteiger charge is -2.11.